The first-order valence-corrected chi connectivity index (χ1v) is 6.92. The van der Waals surface area contributed by atoms with Crippen LogP contribution in [-0.2, 0) is 9.53 Å². The van der Waals surface area contributed by atoms with Gasteiger partial charge >= 0.3 is 5.97 Å². The van der Waals surface area contributed by atoms with Gasteiger partial charge in [0.2, 0.25) is 0 Å². The minimum atomic E-state index is 0.0337. The second-order valence-corrected chi connectivity index (χ2v) is 4.50. The topological polar surface area (TPSA) is 26.3 Å². The number of rotatable bonds is 10. The molecular weight excluding hydrogens is 200 g/mol. The normalized spacial score (nSPS) is 12.4. The largest absolute Gasteiger partial charge is 0.465 e. The standard InChI is InChI=1S/C14H28O2/c1-4-7-9-11-13(10-8-5-2)14(15)16-12-6-3/h13H,4-12H2,1-3H3. The molecule has 0 amide bonds. The lowest BCUT2D eigenvalue weighted by molar-refractivity contribution is -0.149. The maximum absolute atomic E-state index is 11.8. The third kappa shape index (κ3) is 7.72. The number of carbonyl (C=O) groups excluding carboxylic acids is 1. The quantitative estimate of drug-likeness (QED) is 0.411. The third-order valence-electron chi connectivity index (χ3n) is 2.84. The molecule has 0 saturated carbocycles. The fourth-order valence-electron chi connectivity index (χ4n) is 1.79. The van der Waals surface area contributed by atoms with Gasteiger partial charge in [-0.05, 0) is 19.3 Å². The summed E-state index contributed by atoms with van der Waals surface area (Å²) in [6.07, 6.45) is 8.82. The Labute approximate surface area is 101 Å². The van der Waals surface area contributed by atoms with Crippen molar-refractivity contribution >= 4 is 5.97 Å². The van der Waals surface area contributed by atoms with E-state index in [2.05, 4.69) is 13.8 Å². The molecular formula is C14H28O2. The van der Waals surface area contributed by atoms with Crippen molar-refractivity contribution in [3.8, 4) is 0 Å². The van der Waals surface area contributed by atoms with Crippen molar-refractivity contribution in [2.45, 2.75) is 72.1 Å². The Morgan fingerprint density at radius 3 is 2.12 bits per heavy atom. The molecule has 0 spiro atoms. The highest BCUT2D eigenvalue weighted by Crippen LogP contribution is 2.18. The van der Waals surface area contributed by atoms with Crippen LogP contribution in [0.4, 0.5) is 0 Å². The van der Waals surface area contributed by atoms with Crippen molar-refractivity contribution in [2.24, 2.45) is 5.92 Å². The zero-order chi connectivity index (χ0) is 12.2. The molecule has 2 heteroatoms. The summed E-state index contributed by atoms with van der Waals surface area (Å²) in [4.78, 5) is 11.8. The van der Waals surface area contributed by atoms with E-state index >= 15 is 0 Å². The van der Waals surface area contributed by atoms with Crippen LogP contribution in [0.25, 0.3) is 0 Å². The number of hydrogen-bond acceptors (Lipinski definition) is 2. The SMILES string of the molecule is CCCCCC(CCCC)C(=O)OCCC. The van der Waals surface area contributed by atoms with E-state index in [0.717, 1.165) is 38.5 Å². The Kier molecular flexibility index (Phi) is 10.6. The number of ether oxygens (including phenoxy) is 1. The highest BCUT2D eigenvalue weighted by molar-refractivity contribution is 5.72. The van der Waals surface area contributed by atoms with Crippen LogP contribution in [0.15, 0.2) is 0 Å². The molecule has 0 fully saturated rings. The van der Waals surface area contributed by atoms with E-state index in [0.29, 0.717) is 6.61 Å². The van der Waals surface area contributed by atoms with E-state index < -0.39 is 0 Å². The molecule has 0 heterocycles. The first-order valence-electron chi connectivity index (χ1n) is 6.92. The first kappa shape index (κ1) is 15.5. The number of hydrogen-bond donors (Lipinski definition) is 0. The van der Waals surface area contributed by atoms with Crippen molar-refractivity contribution in [1.29, 1.82) is 0 Å². The van der Waals surface area contributed by atoms with Crippen LogP contribution in [-0.4, -0.2) is 12.6 Å². The van der Waals surface area contributed by atoms with Crippen molar-refractivity contribution in [1.82, 2.24) is 0 Å². The van der Waals surface area contributed by atoms with E-state index in [-0.39, 0.29) is 11.9 Å². The Hall–Kier alpha value is -0.530. The van der Waals surface area contributed by atoms with E-state index in [1.54, 1.807) is 0 Å². The number of carbonyl (C=O) groups is 1. The lowest BCUT2D eigenvalue weighted by atomic mass is 9.95. The molecule has 0 aliphatic carbocycles. The molecule has 0 radical (unpaired) electrons. The van der Waals surface area contributed by atoms with Crippen LogP contribution in [0.3, 0.4) is 0 Å². The molecule has 0 aromatic heterocycles. The Bertz CT molecular complexity index is 166. The van der Waals surface area contributed by atoms with Crippen LogP contribution in [0, 0.1) is 5.92 Å². The fourth-order valence-corrected chi connectivity index (χ4v) is 1.79. The number of unbranched alkanes of at least 4 members (excludes halogenated alkanes) is 3. The van der Waals surface area contributed by atoms with Gasteiger partial charge in [-0.3, -0.25) is 4.79 Å². The van der Waals surface area contributed by atoms with Crippen molar-refractivity contribution in [2.75, 3.05) is 6.61 Å². The zero-order valence-corrected chi connectivity index (χ0v) is 11.3. The van der Waals surface area contributed by atoms with Crippen LogP contribution in [0.1, 0.15) is 72.1 Å². The number of esters is 1. The van der Waals surface area contributed by atoms with Gasteiger partial charge in [-0.1, -0.05) is 52.9 Å². The zero-order valence-electron chi connectivity index (χ0n) is 11.3. The van der Waals surface area contributed by atoms with Gasteiger partial charge in [-0.2, -0.15) is 0 Å². The summed E-state index contributed by atoms with van der Waals surface area (Å²) < 4.78 is 5.24. The molecule has 0 rings (SSSR count). The van der Waals surface area contributed by atoms with E-state index in [1.165, 1.54) is 12.8 Å². The predicted octanol–water partition coefficient (Wildman–Crippen LogP) is 4.33. The summed E-state index contributed by atoms with van der Waals surface area (Å²) in [5.41, 5.74) is 0. The molecule has 0 aliphatic heterocycles. The molecule has 1 unspecified atom stereocenters. The molecule has 0 aliphatic rings. The summed E-state index contributed by atoms with van der Waals surface area (Å²) in [6.45, 7) is 6.97. The molecule has 2 nitrogen and oxygen atoms in total. The summed E-state index contributed by atoms with van der Waals surface area (Å²) in [5, 5.41) is 0. The lowest BCUT2D eigenvalue weighted by Crippen LogP contribution is -2.18. The molecule has 1 atom stereocenters. The van der Waals surface area contributed by atoms with Gasteiger partial charge in [0.15, 0.2) is 0 Å². The predicted molar refractivity (Wildman–Crippen MR) is 68.4 cm³/mol. The highest BCUT2D eigenvalue weighted by atomic mass is 16.5. The van der Waals surface area contributed by atoms with Gasteiger partial charge in [0.1, 0.15) is 0 Å². The summed E-state index contributed by atoms with van der Waals surface area (Å²) in [5.74, 6) is 0.185. The third-order valence-corrected chi connectivity index (χ3v) is 2.84. The van der Waals surface area contributed by atoms with Gasteiger partial charge in [-0.25, -0.2) is 0 Å². The summed E-state index contributed by atoms with van der Waals surface area (Å²) in [7, 11) is 0. The first-order chi connectivity index (χ1) is 7.76. The van der Waals surface area contributed by atoms with Gasteiger partial charge in [0.05, 0.1) is 12.5 Å². The van der Waals surface area contributed by atoms with Crippen molar-refractivity contribution in [3.05, 3.63) is 0 Å². The van der Waals surface area contributed by atoms with Crippen molar-refractivity contribution in [3.63, 3.8) is 0 Å². The molecule has 96 valence electrons. The van der Waals surface area contributed by atoms with Gasteiger partial charge < -0.3 is 4.74 Å². The monoisotopic (exact) mass is 228 g/mol. The maximum atomic E-state index is 11.8. The second-order valence-electron chi connectivity index (χ2n) is 4.50. The molecule has 0 aromatic carbocycles. The average molecular weight is 228 g/mol. The minimum Gasteiger partial charge on any atom is -0.465 e. The summed E-state index contributed by atoms with van der Waals surface area (Å²) in [6, 6.07) is 0. The van der Waals surface area contributed by atoms with Crippen LogP contribution < -0.4 is 0 Å². The van der Waals surface area contributed by atoms with Crippen LogP contribution in [0.5, 0.6) is 0 Å². The Morgan fingerprint density at radius 2 is 1.56 bits per heavy atom. The molecule has 0 N–H and O–H groups in total. The highest BCUT2D eigenvalue weighted by Gasteiger charge is 2.18. The van der Waals surface area contributed by atoms with E-state index in [1.807, 2.05) is 6.92 Å². The Balaban J connectivity index is 3.91. The molecule has 0 bridgehead atoms. The molecule has 0 aromatic rings. The maximum Gasteiger partial charge on any atom is 0.308 e. The van der Waals surface area contributed by atoms with E-state index in [4.69, 9.17) is 4.74 Å². The van der Waals surface area contributed by atoms with Crippen LogP contribution in [0.2, 0.25) is 0 Å². The van der Waals surface area contributed by atoms with Crippen LogP contribution >= 0.6 is 0 Å². The average Bonchev–Trinajstić information content (AvgIpc) is 2.30. The van der Waals surface area contributed by atoms with Gasteiger partial charge in [0.25, 0.3) is 0 Å². The second kappa shape index (κ2) is 11.0. The summed E-state index contributed by atoms with van der Waals surface area (Å²) >= 11 is 0. The lowest BCUT2D eigenvalue weighted by Gasteiger charge is -2.15. The Morgan fingerprint density at radius 1 is 0.938 bits per heavy atom. The molecule has 0 saturated heterocycles. The van der Waals surface area contributed by atoms with Crippen molar-refractivity contribution < 1.29 is 9.53 Å². The molecule has 16 heavy (non-hydrogen) atoms. The smallest absolute Gasteiger partial charge is 0.308 e. The fraction of sp³-hybridized carbons (Fsp3) is 0.929. The van der Waals surface area contributed by atoms with E-state index in [9.17, 15) is 4.79 Å². The minimum absolute atomic E-state index is 0.0337. The van der Waals surface area contributed by atoms with Gasteiger partial charge in [-0.15, -0.1) is 0 Å². The van der Waals surface area contributed by atoms with Gasteiger partial charge in [0, 0.05) is 0 Å².